The molecule has 1 atom stereocenters. The van der Waals surface area contributed by atoms with Crippen LogP contribution in [0.25, 0.3) is 0 Å². The molecule has 0 spiro atoms. The normalized spacial score (nSPS) is 18.6. The highest BCUT2D eigenvalue weighted by molar-refractivity contribution is 5.21. The van der Waals surface area contributed by atoms with Crippen molar-refractivity contribution in [3.8, 4) is 5.75 Å². The highest BCUT2D eigenvalue weighted by Gasteiger charge is 2.15. The second-order valence-corrected chi connectivity index (χ2v) is 4.67. The molecule has 2 rings (SSSR count). The summed E-state index contributed by atoms with van der Waals surface area (Å²) in [6.07, 6.45) is 7.11. The zero-order chi connectivity index (χ0) is 11.4. The molecule has 1 fully saturated rings. The van der Waals surface area contributed by atoms with Gasteiger partial charge in [-0.25, -0.2) is 0 Å². The summed E-state index contributed by atoms with van der Waals surface area (Å²) in [5, 5.41) is 0. The van der Waals surface area contributed by atoms with Crippen LogP contribution in [0, 0.1) is 5.92 Å². The molecule has 0 aliphatic heterocycles. The monoisotopic (exact) mass is 220 g/mol. The molecular formula is C13H20N2O. The lowest BCUT2D eigenvalue weighted by molar-refractivity contribution is 0.251. The van der Waals surface area contributed by atoms with Crippen molar-refractivity contribution in [2.45, 2.75) is 38.6 Å². The van der Waals surface area contributed by atoms with Crippen LogP contribution in [0.4, 0.5) is 0 Å². The molecule has 1 aromatic rings. The van der Waals surface area contributed by atoms with Crippen LogP contribution < -0.4 is 10.5 Å². The Bertz CT molecular complexity index is 315. The van der Waals surface area contributed by atoms with Crippen molar-refractivity contribution in [2.75, 3.05) is 6.61 Å². The second kappa shape index (κ2) is 5.30. The van der Waals surface area contributed by atoms with Crippen molar-refractivity contribution >= 4 is 0 Å². The molecule has 0 amide bonds. The van der Waals surface area contributed by atoms with Gasteiger partial charge in [0.25, 0.3) is 0 Å². The minimum atomic E-state index is -0.0103. The van der Waals surface area contributed by atoms with Gasteiger partial charge in [-0.05, 0) is 37.8 Å². The number of ether oxygens (including phenoxy) is 1. The predicted octanol–water partition coefficient (Wildman–Crippen LogP) is 2.67. The number of nitrogens with two attached hydrogens (primary N) is 1. The lowest BCUT2D eigenvalue weighted by Gasteiger charge is -2.11. The highest BCUT2D eigenvalue weighted by atomic mass is 16.5. The number of hydrogen-bond donors (Lipinski definition) is 1. The van der Waals surface area contributed by atoms with Gasteiger partial charge in [-0.15, -0.1) is 0 Å². The lowest BCUT2D eigenvalue weighted by Crippen LogP contribution is -2.09. The number of rotatable bonds is 4. The van der Waals surface area contributed by atoms with E-state index in [9.17, 15) is 0 Å². The maximum Gasteiger partial charge on any atom is 0.137 e. The van der Waals surface area contributed by atoms with E-state index >= 15 is 0 Å². The Morgan fingerprint density at radius 3 is 2.75 bits per heavy atom. The lowest BCUT2D eigenvalue weighted by atomic mass is 10.1. The van der Waals surface area contributed by atoms with Gasteiger partial charge in [0.2, 0.25) is 0 Å². The van der Waals surface area contributed by atoms with E-state index in [0.29, 0.717) is 0 Å². The number of nitrogens with zero attached hydrogens (tertiary/aromatic N) is 1. The molecule has 1 aliphatic carbocycles. The fourth-order valence-electron chi connectivity index (χ4n) is 2.14. The van der Waals surface area contributed by atoms with Gasteiger partial charge in [0.1, 0.15) is 5.75 Å². The summed E-state index contributed by atoms with van der Waals surface area (Å²) in [4.78, 5) is 4.27. The smallest absolute Gasteiger partial charge is 0.137 e. The van der Waals surface area contributed by atoms with E-state index in [4.69, 9.17) is 10.5 Å². The van der Waals surface area contributed by atoms with Crippen molar-refractivity contribution in [1.29, 1.82) is 0 Å². The van der Waals surface area contributed by atoms with Crippen molar-refractivity contribution in [3.63, 3.8) is 0 Å². The average Bonchev–Trinajstić information content (AvgIpc) is 2.80. The predicted molar refractivity (Wildman–Crippen MR) is 64.3 cm³/mol. The fraction of sp³-hybridized carbons (Fsp3) is 0.615. The summed E-state index contributed by atoms with van der Waals surface area (Å²) in [6.45, 7) is 2.76. The van der Waals surface area contributed by atoms with Crippen LogP contribution in [0.1, 0.15) is 44.3 Å². The van der Waals surface area contributed by atoms with Crippen molar-refractivity contribution in [1.82, 2.24) is 4.98 Å². The molecule has 1 aromatic heterocycles. The molecule has 1 saturated carbocycles. The van der Waals surface area contributed by atoms with Crippen molar-refractivity contribution in [3.05, 3.63) is 24.0 Å². The third-order valence-corrected chi connectivity index (χ3v) is 3.19. The summed E-state index contributed by atoms with van der Waals surface area (Å²) < 4.78 is 5.72. The molecule has 88 valence electrons. The zero-order valence-electron chi connectivity index (χ0n) is 9.86. The molecule has 16 heavy (non-hydrogen) atoms. The maximum absolute atomic E-state index is 5.73. The number of hydrogen-bond acceptors (Lipinski definition) is 3. The van der Waals surface area contributed by atoms with Crippen LogP contribution in [0.5, 0.6) is 5.75 Å². The van der Waals surface area contributed by atoms with E-state index in [2.05, 4.69) is 4.98 Å². The van der Waals surface area contributed by atoms with E-state index < -0.39 is 0 Å². The van der Waals surface area contributed by atoms with Crippen molar-refractivity contribution < 1.29 is 4.74 Å². The Hall–Kier alpha value is -1.09. The summed E-state index contributed by atoms with van der Waals surface area (Å²) in [7, 11) is 0. The minimum absolute atomic E-state index is 0.0103. The van der Waals surface area contributed by atoms with E-state index in [1.165, 1.54) is 25.7 Å². The van der Waals surface area contributed by atoms with Gasteiger partial charge in [0, 0.05) is 6.04 Å². The zero-order valence-corrected chi connectivity index (χ0v) is 9.86. The Morgan fingerprint density at radius 1 is 1.44 bits per heavy atom. The standard InChI is InChI=1S/C13H20N2O/c1-10(14)13-7-6-12(8-15-13)16-9-11-4-2-3-5-11/h6-8,10-11H,2-5,9,14H2,1H3. The Balaban J connectivity index is 1.84. The van der Waals surface area contributed by atoms with Gasteiger partial charge in [-0.3, -0.25) is 4.98 Å². The first kappa shape index (κ1) is 11.4. The van der Waals surface area contributed by atoms with Crippen LogP contribution in [-0.2, 0) is 0 Å². The van der Waals surface area contributed by atoms with Gasteiger partial charge < -0.3 is 10.5 Å². The summed E-state index contributed by atoms with van der Waals surface area (Å²) in [5.41, 5.74) is 6.64. The van der Waals surface area contributed by atoms with Crippen LogP contribution >= 0.6 is 0 Å². The Kier molecular flexibility index (Phi) is 3.78. The molecule has 1 unspecified atom stereocenters. The van der Waals surface area contributed by atoms with E-state index in [1.807, 2.05) is 19.1 Å². The third-order valence-electron chi connectivity index (χ3n) is 3.19. The molecule has 0 saturated heterocycles. The molecule has 3 nitrogen and oxygen atoms in total. The first-order valence-corrected chi connectivity index (χ1v) is 6.10. The largest absolute Gasteiger partial charge is 0.492 e. The van der Waals surface area contributed by atoms with E-state index in [1.54, 1.807) is 6.20 Å². The van der Waals surface area contributed by atoms with Gasteiger partial charge in [-0.1, -0.05) is 12.8 Å². The molecule has 1 aliphatic rings. The summed E-state index contributed by atoms with van der Waals surface area (Å²) in [6, 6.07) is 3.89. The van der Waals surface area contributed by atoms with Crippen LogP contribution in [0.2, 0.25) is 0 Å². The Morgan fingerprint density at radius 2 is 2.19 bits per heavy atom. The molecular weight excluding hydrogens is 200 g/mol. The number of aromatic nitrogens is 1. The molecule has 0 bridgehead atoms. The van der Waals surface area contributed by atoms with Gasteiger partial charge in [0.05, 0.1) is 18.5 Å². The summed E-state index contributed by atoms with van der Waals surface area (Å²) >= 11 is 0. The van der Waals surface area contributed by atoms with Gasteiger partial charge in [0.15, 0.2) is 0 Å². The van der Waals surface area contributed by atoms with E-state index in [-0.39, 0.29) is 6.04 Å². The average molecular weight is 220 g/mol. The molecule has 0 radical (unpaired) electrons. The first-order valence-electron chi connectivity index (χ1n) is 6.10. The molecule has 0 aromatic carbocycles. The van der Waals surface area contributed by atoms with Crippen LogP contribution in [0.15, 0.2) is 18.3 Å². The fourth-order valence-corrected chi connectivity index (χ4v) is 2.14. The number of pyridine rings is 1. The third kappa shape index (κ3) is 2.95. The molecule has 3 heteroatoms. The Labute approximate surface area is 97.0 Å². The van der Waals surface area contributed by atoms with Gasteiger partial charge in [-0.2, -0.15) is 0 Å². The molecule has 2 N–H and O–H groups in total. The molecule has 1 heterocycles. The van der Waals surface area contributed by atoms with E-state index in [0.717, 1.165) is 24.0 Å². The first-order chi connectivity index (χ1) is 7.75. The van der Waals surface area contributed by atoms with Crippen molar-refractivity contribution in [2.24, 2.45) is 11.7 Å². The topological polar surface area (TPSA) is 48.1 Å². The highest BCUT2D eigenvalue weighted by Crippen LogP contribution is 2.25. The second-order valence-electron chi connectivity index (χ2n) is 4.67. The quantitative estimate of drug-likeness (QED) is 0.848. The maximum atomic E-state index is 5.73. The minimum Gasteiger partial charge on any atom is -0.492 e. The van der Waals surface area contributed by atoms with Gasteiger partial charge >= 0.3 is 0 Å². The SMILES string of the molecule is CC(N)c1ccc(OCC2CCCC2)cn1. The van der Waals surface area contributed by atoms with Crippen LogP contribution in [-0.4, -0.2) is 11.6 Å². The van der Waals surface area contributed by atoms with Crippen LogP contribution in [0.3, 0.4) is 0 Å². The summed E-state index contributed by atoms with van der Waals surface area (Å²) in [5.74, 6) is 1.60.